The largest absolute Gasteiger partial charge is 0.475 e. The molecule has 14 heavy (non-hydrogen) atoms. The predicted molar refractivity (Wildman–Crippen MR) is 48.9 cm³/mol. The van der Waals surface area contributed by atoms with Gasteiger partial charge in [-0.15, -0.1) is 0 Å². The fraction of sp³-hybridized carbons (Fsp3) is 0.375. The Labute approximate surface area is 81.3 Å². The van der Waals surface area contributed by atoms with Gasteiger partial charge in [0.25, 0.3) is 0 Å². The minimum absolute atomic E-state index is 0.143. The van der Waals surface area contributed by atoms with E-state index in [1.807, 2.05) is 0 Å². The summed E-state index contributed by atoms with van der Waals surface area (Å²) >= 11 is 0. The highest BCUT2D eigenvalue weighted by atomic mass is 32.2. The van der Waals surface area contributed by atoms with Gasteiger partial charge in [-0.2, -0.15) is 0 Å². The van der Waals surface area contributed by atoms with Crippen LogP contribution < -0.4 is 0 Å². The summed E-state index contributed by atoms with van der Waals surface area (Å²) < 4.78 is 27.1. The van der Waals surface area contributed by atoms with Crippen molar-refractivity contribution in [1.82, 2.24) is 0 Å². The number of hydrogen-bond donors (Lipinski definition) is 1. The molecule has 1 aromatic heterocycles. The van der Waals surface area contributed by atoms with Crippen molar-refractivity contribution in [1.29, 1.82) is 0 Å². The minimum Gasteiger partial charge on any atom is -0.475 e. The maximum Gasteiger partial charge on any atom is 0.371 e. The SMILES string of the molecule is CC(c1ccc(C(=O)O)o1)S(C)(=O)=O. The van der Waals surface area contributed by atoms with Gasteiger partial charge in [0.1, 0.15) is 11.0 Å². The zero-order chi connectivity index (χ0) is 10.9. The van der Waals surface area contributed by atoms with Crippen LogP contribution in [-0.2, 0) is 9.84 Å². The Morgan fingerprint density at radius 1 is 1.50 bits per heavy atom. The van der Waals surface area contributed by atoms with Crippen LogP contribution in [0.25, 0.3) is 0 Å². The molecule has 0 bridgehead atoms. The second-order valence-corrected chi connectivity index (χ2v) is 5.35. The molecule has 0 aliphatic carbocycles. The van der Waals surface area contributed by atoms with Crippen molar-refractivity contribution < 1.29 is 22.7 Å². The molecule has 5 nitrogen and oxygen atoms in total. The third-order valence-electron chi connectivity index (χ3n) is 1.88. The molecule has 1 heterocycles. The molecule has 0 radical (unpaired) electrons. The first-order valence-electron chi connectivity index (χ1n) is 3.84. The summed E-state index contributed by atoms with van der Waals surface area (Å²) in [5, 5.41) is 7.72. The minimum atomic E-state index is -3.25. The van der Waals surface area contributed by atoms with Gasteiger partial charge >= 0.3 is 5.97 Å². The van der Waals surface area contributed by atoms with Crippen LogP contribution in [0, 0.1) is 0 Å². The molecular weight excluding hydrogens is 208 g/mol. The third-order valence-corrected chi connectivity index (χ3v) is 3.40. The van der Waals surface area contributed by atoms with E-state index in [9.17, 15) is 13.2 Å². The Balaban J connectivity index is 3.04. The second kappa shape index (κ2) is 3.45. The number of carbonyl (C=O) groups is 1. The van der Waals surface area contributed by atoms with Crippen LogP contribution in [0.5, 0.6) is 0 Å². The number of furan rings is 1. The molecule has 1 atom stereocenters. The first-order valence-corrected chi connectivity index (χ1v) is 5.79. The second-order valence-electron chi connectivity index (χ2n) is 2.98. The maximum atomic E-state index is 11.1. The van der Waals surface area contributed by atoms with E-state index in [0.717, 1.165) is 6.26 Å². The number of sulfone groups is 1. The van der Waals surface area contributed by atoms with Crippen molar-refractivity contribution in [2.75, 3.05) is 6.26 Å². The molecule has 0 aliphatic rings. The van der Waals surface area contributed by atoms with Gasteiger partial charge in [0.2, 0.25) is 5.76 Å². The predicted octanol–water partition coefficient (Wildman–Crippen LogP) is 1.08. The molecule has 0 aromatic carbocycles. The van der Waals surface area contributed by atoms with E-state index in [0.29, 0.717) is 0 Å². The van der Waals surface area contributed by atoms with Crippen LogP contribution in [0.15, 0.2) is 16.5 Å². The molecule has 78 valence electrons. The Hall–Kier alpha value is -1.30. The van der Waals surface area contributed by atoms with Crippen LogP contribution in [-0.4, -0.2) is 25.7 Å². The van der Waals surface area contributed by atoms with E-state index in [1.165, 1.54) is 19.1 Å². The van der Waals surface area contributed by atoms with Crippen molar-refractivity contribution in [3.63, 3.8) is 0 Å². The van der Waals surface area contributed by atoms with E-state index in [-0.39, 0.29) is 11.5 Å². The number of aromatic carboxylic acids is 1. The fourth-order valence-electron chi connectivity index (χ4n) is 0.897. The topological polar surface area (TPSA) is 84.6 Å². The summed E-state index contributed by atoms with van der Waals surface area (Å²) in [7, 11) is -3.25. The molecule has 0 fully saturated rings. The van der Waals surface area contributed by atoms with E-state index in [4.69, 9.17) is 9.52 Å². The number of carboxylic acid groups (broad SMARTS) is 1. The molecule has 1 aromatic rings. The summed E-state index contributed by atoms with van der Waals surface area (Å²) in [6.07, 6.45) is 1.07. The molecule has 0 aliphatic heterocycles. The summed E-state index contributed by atoms with van der Waals surface area (Å²) in [6.45, 7) is 1.44. The fourth-order valence-corrected chi connectivity index (χ4v) is 1.45. The summed E-state index contributed by atoms with van der Waals surface area (Å²) in [5.74, 6) is -1.32. The van der Waals surface area contributed by atoms with E-state index in [2.05, 4.69) is 0 Å². The van der Waals surface area contributed by atoms with Gasteiger partial charge in [0.05, 0.1) is 0 Å². The molecule has 1 unspecified atom stereocenters. The lowest BCUT2D eigenvalue weighted by Gasteiger charge is -2.04. The molecular formula is C8H10O5S. The van der Waals surface area contributed by atoms with E-state index in [1.54, 1.807) is 0 Å². The first-order chi connectivity index (χ1) is 6.32. The van der Waals surface area contributed by atoms with Crippen LogP contribution >= 0.6 is 0 Å². The van der Waals surface area contributed by atoms with Crippen molar-refractivity contribution in [3.8, 4) is 0 Å². The lowest BCUT2D eigenvalue weighted by Crippen LogP contribution is -2.06. The molecule has 1 rings (SSSR count). The third kappa shape index (κ3) is 2.14. The Kier molecular flexibility index (Phi) is 2.66. The summed E-state index contributed by atoms with van der Waals surface area (Å²) in [4.78, 5) is 10.4. The van der Waals surface area contributed by atoms with E-state index < -0.39 is 21.1 Å². The normalized spacial score (nSPS) is 13.9. The summed E-state index contributed by atoms with van der Waals surface area (Å²) in [5.41, 5.74) is 0. The molecule has 1 N–H and O–H groups in total. The maximum absolute atomic E-state index is 11.1. The zero-order valence-corrected chi connectivity index (χ0v) is 8.54. The average Bonchev–Trinajstić information content (AvgIpc) is 2.48. The van der Waals surface area contributed by atoms with Gasteiger partial charge in [-0.1, -0.05) is 0 Å². The smallest absolute Gasteiger partial charge is 0.371 e. The van der Waals surface area contributed by atoms with Gasteiger partial charge in [-0.3, -0.25) is 0 Å². The standard InChI is InChI=1S/C8H10O5S/c1-5(14(2,11)12)6-3-4-7(13-6)8(9)10/h3-5H,1-2H3,(H,9,10). The van der Waals surface area contributed by atoms with Crippen LogP contribution in [0.1, 0.15) is 28.5 Å². The van der Waals surface area contributed by atoms with E-state index >= 15 is 0 Å². The molecule has 6 heteroatoms. The Morgan fingerprint density at radius 2 is 2.07 bits per heavy atom. The Morgan fingerprint density at radius 3 is 2.43 bits per heavy atom. The number of rotatable bonds is 3. The highest BCUT2D eigenvalue weighted by molar-refractivity contribution is 7.90. The van der Waals surface area contributed by atoms with Crippen LogP contribution in [0.4, 0.5) is 0 Å². The molecule has 0 saturated heterocycles. The van der Waals surface area contributed by atoms with Gasteiger partial charge in [-0.05, 0) is 19.1 Å². The monoisotopic (exact) mass is 218 g/mol. The van der Waals surface area contributed by atoms with Crippen molar-refractivity contribution in [2.24, 2.45) is 0 Å². The lowest BCUT2D eigenvalue weighted by atomic mass is 10.3. The van der Waals surface area contributed by atoms with Crippen LogP contribution in [0.3, 0.4) is 0 Å². The van der Waals surface area contributed by atoms with Crippen LogP contribution in [0.2, 0.25) is 0 Å². The van der Waals surface area contributed by atoms with Gasteiger partial charge in [-0.25, -0.2) is 13.2 Å². The van der Waals surface area contributed by atoms with Crippen molar-refractivity contribution in [2.45, 2.75) is 12.2 Å². The van der Waals surface area contributed by atoms with Gasteiger partial charge in [0.15, 0.2) is 9.84 Å². The number of carboxylic acids is 1. The number of hydrogen-bond acceptors (Lipinski definition) is 4. The molecule has 0 saturated carbocycles. The van der Waals surface area contributed by atoms with Crippen molar-refractivity contribution in [3.05, 3.63) is 23.7 Å². The molecule has 0 spiro atoms. The summed E-state index contributed by atoms with van der Waals surface area (Å²) in [6, 6.07) is 2.59. The zero-order valence-electron chi connectivity index (χ0n) is 7.72. The highest BCUT2D eigenvalue weighted by Gasteiger charge is 2.22. The Bertz CT molecular complexity index is 442. The lowest BCUT2D eigenvalue weighted by molar-refractivity contribution is 0.0660. The molecule has 0 amide bonds. The quantitative estimate of drug-likeness (QED) is 0.820. The highest BCUT2D eigenvalue weighted by Crippen LogP contribution is 2.22. The van der Waals surface area contributed by atoms with Crippen molar-refractivity contribution >= 4 is 15.8 Å². The average molecular weight is 218 g/mol. The van der Waals surface area contributed by atoms with Gasteiger partial charge in [0, 0.05) is 6.26 Å². The first kappa shape index (κ1) is 10.8. The van der Waals surface area contributed by atoms with Gasteiger partial charge < -0.3 is 9.52 Å².